The number of rotatable bonds is 5. The molecule has 1 aromatic carbocycles. The van der Waals surface area contributed by atoms with Crippen LogP contribution in [0.2, 0.25) is 5.02 Å². The van der Waals surface area contributed by atoms with E-state index in [1.54, 1.807) is 17.8 Å². The zero-order valence-electron chi connectivity index (χ0n) is 16.2. The molecule has 0 radical (unpaired) electrons. The van der Waals surface area contributed by atoms with Crippen molar-refractivity contribution in [3.8, 4) is 0 Å². The summed E-state index contributed by atoms with van der Waals surface area (Å²) < 4.78 is 4.94. The van der Waals surface area contributed by atoms with Crippen LogP contribution in [-0.2, 0) is 6.54 Å². The Hall–Kier alpha value is -2.58. The summed E-state index contributed by atoms with van der Waals surface area (Å²) in [7, 11) is 1.70. The number of aliphatic hydroxyl groups excluding tert-OH is 1. The average molecular weight is 418 g/mol. The summed E-state index contributed by atoms with van der Waals surface area (Å²) >= 11 is 6.16. The van der Waals surface area contributed by atoms with Crippen molar-refractivity contribution in [1.82, 2.24) is 18.9 Å². The monoisotopic (exact) mass is 417 g/mol. The number of hydrogen-bond donors (Lipinski definition) is 2. The van der Waals surface area contributed by atoms with Crippen molar-refractivity contribution in [2.45, 2.75) is 44.3 Å². The first kappa shape index (κ1) is 19.7. The van der Waals surface area contributed by atoms with E-state index in [1.807, 2.05) is 28.8 Å². The SMILES string of the molecule is CNc1cnn(C2CCC(n3c(=O)n(CCO)c4ccccc43)CC2)c(=O)c1Cl. The molecule has 0 aliphatic heterocycles. The molecule has 1 saturated carbocycles. The summed E-state index contributed by atoms with van der Waals surface area (Å²) in [6, 6.07) is 7.67. The topological polar surface area (TPSA) is 94.1 Å². The number of anilines is 1. The Morgan fingerprint density at radius 1 is 1.14 bits per heavy atom. The number of halogens is 1. The van der Waals surface area contributed by atoms with Crippen LogP contribution < -0.4 is 16.6 Å². The molecule has 0 spiro atoms. The molecular weight excluding hydrogens is 394 g/mol. The number of aliphatic hydroxyl groups is 1. The minimum Gasteiger partial charge on any atom is -0.395 e. The first-order chi connectivity index (χ1) is 14.1. The van der Waals surface area contributed by atoms with Crippen LogP contribution in [0.1, 0.15) is 37.8 Å². The molecule has 29 heavy (non-hydrogen) atoms. The minimum atomic E-state index is -0.293. The standard InChI is InChI=1S/C20H24ClN5O3/c1-22-15-12-23-26(19(28)18(15)21)14-8-6-13(7-9-14)25-17-5-3-2-4-16(17)24(10-11-27)20(25)29/h2-5,12-14,22,27H,6-11H2,1H3. The van der Waals surface area contributed by atoms with Crippen LogP contribution in [-0.4, -0.2) is 37.7 Å². The molecule has 4 rings (SSSR count). The van der Waals surface area contributed by atoms with Crippen LogP contribution in [0.25, 0.3) is 11.0 Å². The molecule has 0 atom stereocenters. The van der Waals surface area contributed by atoms with Crippen LogP contribution in [0.4, 0.5) is 5.69 Å². The normalized spacial score (nSPS) is 19.6. The second-order valence-electron chi connectivity index (χ2n) is 7.35. The second kappa shape index (κ2) is 8.04. The highest BCUT2D eigenvalue weighted by Crippen LogP contribution is 2.35. The maximum Gasteiger partial charge on any atom is 0.329 e. The summed E-state index contributed by atoms with van der Waals surface area (Å²) in [5.74, 6) is 0. The number of hydrogen-bond acceptors (Lipinski definition) is 5. The van der Waals surface area contributed by atoms with Crippen LogP contribution in [0, 0.1) is 0 Å². The molecule has 0 amide bonds. The van der Waals surface area contributed by atoms with Gasteiger partial charge in [0.2, 0.25) is 0 Å². The Morgan fingerprint density at radius 3 is 2.45 bits per heavy atom. The first-order valence-electron chi connectivity index (χ1n) is 9.82. The molecule has 1 fully saturated rings. The van der Waals surface area contributed by atoms with Gasteiger partial charge in [-0.3, -0.25) is 13.9 Å². The number of imidazole rings is 1. The van der Waals surface area contributed by atoms with Gasteiger partial charge in [0.05, 0.1) is 42.1 Å². The van der Waals surface area contributed by atoms with E-state index in [0.717, 1.165) is 36.7 Å². The van der Waals surface area contributed by atoms with Gasteiger partial charge in [-0.1, -0.05) is 23.7 Å². The lowest BCUT2D eigenvalue weighted by Crippen LogP contribution is -2.34. The lowest BCUT2D eigenvalue weighted by atomic mass is 9.91. The fourth-order valence-corrected chi connectivity index (χ4v) is 4.57. The van der Waals surface area contributed by atoms with Crippen LogP contribution in [0.15, 0.2) is 40.1 Å². The van der Waals surface area contributed by atoms with Crippen molar-refractivity contribution >= 4 is 28.3 Å². The summed E-state index contributed by atoms with van der Waals surface area (Å²) in [5.41, 5.74) is 1.84. The van der Waals surface area contributed by atoms with Gasteiger partial charge in [-0.05, 0) is 37.8 Å². The number of benzene rings is 1. The Morgan fingerprint density at radius 2 is 1.79 bits per heavy atom. The van der Waals surface area contributed by atoms with Crippen molar-refractivity contribution in [3.63, 3.8) is 0 Å². The predicted molar refractivity (Wildman–Crippen MR) is 113 cm³/mol. The van der Waals surface area contributed by atoms with E-state index in [2.05, 4.69) is 10.4 Å². The molecule has 2 heterocycles. The number of nitrogens with one attached hydrogen (secondary N) is 1. The number of fused-ring (bicyclic) bond motifs is 1. The van der Waals surface area contributed by atoms with E-state index in [0.29, 0.717) is 5.69 Å². The van der Waals surface area contributed by atoms with Crippen LogP contribution in [0.3, 0.4) is 0 Å². The van der Waals surface area contributed by atoms with Crippen molar-refractivity contribution in [2.75, 3.05) is 19.0 Å². The van der Waals surface area contributed by atoms with Crippen molar-refractivity contribution in [1.29, 1.82) is 0 Å². The fourth-order valence-electron chi connectivity index (χ4n) is 4.34. The maximum atomic E-state index is 13.0. The summed E-state index contributed by atoms with van der Waals surface area (Å²) in [6.07, 6.45) is 4.56. The van der Waals surface area contributed by atoms with E-state index in [9.17, 15) is 14.7 Å². The highest BCUT2D eigenvalue weighted by Gasteiger charge is 2.28. The van der Waals surface area contributed by atoms with Crippen LogP contribution >= 0.6 is 11.6 Å². The lowest BCUT2D eigenvalue weighted by Gasteiger charge is -2.29. The quantitative estimate of drug-likeness (QED) is 0.664. The van der Waals surface area contributed by atoms with E-state index >= 15 is 0 Å². The minimum absolute atomic E-state index is 0.0383. The molecular formula is C20H24ClN5O3. The Labute approximate surface area is 172 Å². The smallest absolute Gasteiger partial charge is 0.329 e. The van der Waals surface area contributed by atoms with Gasteiger partial charge in [0.1, 0.15) is 5.02 Å². The molecule has 154 valence electrons. The molecule has 0 saturated heterocycles. The van der Waals surface area contributed by atoms with Crippen LogP contribution in [0.5, 0.6) is 0 Å². The average Bonchev–Trinajstić information content (AvgIpc) is 3.02. The van der Waals surface area contributed by atoms with E-state index in [-0.39, 0.29) is 41.5 Å². The number of para-hydroxylation sites is 2. The Bertz CT molecular complexity index is 1140. The third-order valence-electron chi connectivity index (χ3n) is 5.78. The van der Waals surface area contributed by atoms with Gasteiger partial charge in [-0.2, -0.15) is 5.10 Å². The molecule has 1 aliphatic rings. The second-order valence-corrected chi connectivity index (χ2v) is 7.73. The van der Waals surface area contributed by atoms with Gasteiger partial charge < -0.3 is 10.4 Å². The Kier molecular flexibility index (Phi) is 5.47. The highest BCUT2D eigenvalue weighted by atomic mass is 35.5. The molecule has 8 nitrogen and oxygen atoms in total. The largest absolute Gasteiger partial charge is 0.395 e. The van der Waals surface area contributed by atoms with Gasteiger partial charge >= 0.3 is 5.69 Å². The molecule has 9 heteroatoms. The van der Waals surface area contributed by atoms with Gasteiger partial charge in [-0.25, -0.2) is 9.48 Å². The van der Waals surface area contributed by atoms with Crippen molar-refractivity contribution in [2.24, 2.45) is 0 Å². The van der Waals surface area contributed by atoms with Gasteiger partial charge in [0.25, 0.3) is 5.56 Å². The van der Waals surface area contributed by atoms with Gasteiger partial charge in [0, 0.05) is 13.1 Å². The predicted octanol–water partition coefficient (Wildman–Crippen LogP) is 2.40. The number of nitrogens with zero attached hydrogens (tertiary/aromatic N) is 4. The van der Waals surface area contributed by atoms with E-state index < -0.39 is 0 Å². The number of aromatic nitrogens is 4. The lowest BCUT2D eigenvalue weighted by molar-refractivity contribution is 0.250. The van der Waals surface area contributed by atoms with E-state index in [1.165, 1.54) is 4.68 Å². The third kappa shape index (κ3) is 3.36. The first-order valence-corrected chi connectivity index (χ1v) is 10.2. The molecule has 1 aliphatic carbocycles. The highest BCUT2D eigenvalue weighted by molar-refractivity contribution is 6.32. The molecule has 0 unspecified atom stereocenters. The zero-order chi connectivity index (χ0) is 20.5. The zero-order valence-corrected chi connectivity index (χ0v) is 17.0. The Balaban J connectivity index is 1.61. The van der Waals surface area contributed by atoms with Gasteiger partial charge in [-0.15, -0.1) is 0 Å². The van der Waals surface area contributed by atoms with E-state index in [4.69, 9.17) is 11.6 Å². The molecule has 2 N–H and O–H groups in total. The third-order valence-corrected chi connectivity index (χ3v) is 6.15. The van der Waals surface area contributed by atoms with Crippen molar-refractivity contribution in [3.05, 3.63) is 56.3 Å². The maximum absolute atomic E-state index is 13.0. The molecule has 0 bridgehead atoms. The summed E-state index contributed by atoms with van der Waals surface area (Å²) in [5, 5.41) is 16.6. The molecule has 3 aromatic rings. The summed E-state index contributed by atoms with van der Waals surface area (Å²) in [4.78, 5) is 25.6. The molecule has 2 aromatic heterocycles. The summed E-state index contributed by atoms with van der Waals surface area (Å²) in [6.45, 7) is 0.190. The van der Waals surface area contributed by atoms with Gasteiger partial charge in [0.15, 0.2) is 0 Å². The van der Waals surface area contributed by atoms with Crippen molar-refractivity contribution < 1.29 is 5.11 Å². The fraction of sp³-hybridized carbons (Fsp3) is 0.450.